The molecule has 3 unspecified atom stereocenters. The lowest BCUT2D eigenvalue weighted by atomic mass is 9.46. The topological polar surface area (TPSA) is 53.4 Å². The largest absolute Gasteiger partial charge is 0.365 e. The summed E-state index contributed by atoms with van der Waals surface area (Å²) in [5, 5.41) is 9.19. The minimum absolute atomic E-state index is 0.175. The van der Waals surface area contributed by atoms with Crippen LogP contribution in [0, 0.1) is 51.8 Å². The summed E-state index contributed by atoms with van der Waals surface area (Å²) >= 11 is 0. The van der Waals surface area contributed by atoms with Crippen LogP contribution in [-0.4, -0.2) is 18.0 Å². The smallest absolute Gasteiger partial charge is 0.155 e. The van der Waals surface area contributed by atoms with Gasteiger partial charge in [0.1, 0.15) is 6.10 Å². The van der Waals surface area contributed by atoms with E-state index in [4.69, 9.17) is 4.74 Å². The molecule has 5 aliphatic rings. The molecule has 1 aliphatic heterocycles. The van der Waals surface area contributed by atoms with E-state index < -0.39 is 0 Å². The Balaban J connectivity index is 1.49. The minimum Gasteiger partial charge on any atom is -0.365 e. The molecule has 0 aromatic carbocycles. The quantitative estimate of drug-likeness (QED) is 0.678. The lowest BCUT2D eigenvalue weighted by Crippen LogP contribution is -2.53. The summed E-state index contributed by atoms with van der Waals surface area (Å²) in [6.45, 7) is 7.24. The molecule has 5 rings (SSSR count). The second kappa shape index (κ2) is 5.44. The van der Waals surface area contributed by atoms with Gasteiger partial charge >= 0.3 is 0 Å². The SMILES string of the molecule is C[C@H](CC#N)[C@H]1CCC2C3C(CC[C@@]21C)[C@@]1(C)CCC(=O)C=C1[C@@H]1O[C@H]31. The van der Waals surface area contributed by atoms with E-state index in [-0.39, 0.29) is 11.5 Å². The minimum atomic E-state index is 0.175. The summed E-state index contributed by atoms with van der Waals surface area (Å²) in [5.74, 6) is 3.56. The van der Waals surface area contributed by atoms with Crippen molar-refractivity contribution in [2.24, 2.45) is 40.4 Å². The van der Waals surface area contributed by atoms with Gasteiger partial charge in [-0.2, -0.15) is 5.26 Å². The van der Waals surface area contributed by atoms with Crippen LogP contribution >= 0.6 is 0 Å². The molecule has 1 heterocycles. The molecule has 4 fully saturated rings. The average Bonchev–Trinajstić information content (AvgIpc) is 3.31. The van der Waals surface area contributed by atoms with Crippen molar-refractivity contribution < 1.29 is 9.53 Å². The van der Waals surface area contributed by atoms with E-state index in [1.807, 2.05) is 6.08 Å². The Labute approximate surface area is 157 Å². The molecule has 3 heteroatoms. The Hall–Kier alpha value is -1.14. The van der Waals surface area contributed by atoms with E-state index in [1.165, 1.54) is 31.3 Å². The Kier molecular flexibility index (Phi) is 3.56. The maximum atomic E-state index is 12.0. The standard InChI is InChI=1S/C23H31NO2/c1-13(8-11-24)15-4-5-16-19-17(7-10-22(15,16)2)23(3)9-6-14(25)12-18(23)20-21(19)26-20/h12-13,15-17,19-21H,4-10H2,1-3H3/t13-,15-,16?,17?,19?,20+,21-,22-,23-/m1/s1. The van der Waals surface area contributed by atoms with E-state index in [0.717, 1.165) is 12.3 Å². The van der Waals surface area contributed by atoms with Crippen LogP contribution in [0.25, 0.3) is 0 Å². The zero-order chi connectivity index (χ0) is 18.3. The van der Waals surface area contributed by atoms with Crippen molar-refractivity contribution in [3.8, 4) is 6.07 Å². The number of fused-ring (bicyclic) bond motifs is 8. The van der Waals surface area contributed by atoms with Crippen LogP contribution in [0.1, 0.15) is 65.7 Å². The molecule has 0 spiro atoms. The van der Waals surface area contributed by atoms with Crippen LogP contribution in [0.2, 0.25) is 0 Å². The maximum Gasteiger partial charge on any atom is 0.155 e. The van der Waals surface area contributed by atoms with Crippen LogP contribution in [0.5, 0.6) is 0 Å². The molecular formula is C23H31NO2. The number of rotatable bonds is 2. The first-order chi connectivity index (χ1) is 12.4. The van der Waals surface area contributed by atoms with Gasteiger partial charge < -0.3 is 4.74 Å². The first kappa shape index (κ1) is 17.0. The molecule has 0 amide bonds. The molecule has 140 valence electrons. The normalized spacial score (nSPS) is 52.7. The maximum absolute atomic E-state index is 12.0. The first-order valence-electron chi connectivity index (χ1n) is 10.7. The molecule has 3 saturated carbocycles. The number of carbonyl (C=O) groups is 1. The van der Waals surface area contributed by atoms with Gasteiger partial charge in [-0.05, 0) is 84.2 Å². The number of hydrogen-bond acceptors (Lipinski definition) is 3. The first-order valence-corrected chi connectivity index (χ1v) is 10.7. The van der Waals surface area contributed by atoms with Crippen molar-refractivity contribution >= 4 is 5.78 Å². The lowest BCUT2D eigenvalue weighted by Gasteiger charge is -2.57. The van der Waals surface area contributed by atoms with Crippen molar-refractivity contribution in [2.75, 3.05) is 0 Å². The highest BCUT2D eigenvalue weighted by molar-refractivity contribution is 5.92. The molecule has 26 heavy (non-hydrogen) atoms. The van der Waals surface area contributed by atoms with Crippen molar-refractivity contribution in [3.63, 3.8) is 0 Å². The van der Waals surface area contributed by atoms with Gasteiger partial charge in [0.2, 0.25) is 0 Å². The Morgan fingerprint density at radius 1 is 1.27 bits per heavy atom. The van der Waals surface area contributed by atoms with Crippen LogP contribution in [-0.2, 0) is 9.53 Å². The number of ketones is 1. The van der Waals surface area contributed by atoms with Crippen LogP contribution in [0.15, 0.2) is 11.6 Å². The molecule has 0 N–H and O–H groups in total. The highest BCUT2D eigenvalue weighted by Crippen LogP contribution is 2.70. The summed E-state index contributed by atoms with van der Waals surface area (Å²) in [7, 11) is 0. The fourth-order valence-corrected chi connectivity index (χ4v) is 8.07. The van der Waals surface area contributed by atoms with E-state index in [0.29, 0.717) is 53.8 Å². The molecule has 0 aromatic heterocycles. The van der Waals surface area contributed by atoms with Gasteiger partial charge in [-0.25, -0.2) is 0 Å². The third-order valence-corrected chi connectivity index (χ3v) is 9.40. The summed E-state index contributed by atoms with van der Waals surface area (Å²) in [5.41, 5.74) is 1.88. The number of nitriles is 1. The summed E-state index contributed by atoms with van der Waals surface area (Å²) in [6.07, 6.45) is 10.1. The molecule has 0 radical (unpaired) electrons. The molecule has 9 atom stereocenters. The highest BCUT2D eigenvalue weighted by Gasteiger charge is 2.69. The van der Waals surface area contributed by atoms with Crippen LogP contribution < -0.4 is 0 Å². The summed E-state index contributed by atoms with van der Waals surface area (Å²) < 4.78 is 6.25. The highest BCUT2D eigenvalue weighted by atomic mass is 16.6. The van der Waals surface area contributed by atoms with Gasteiger partial charge in [0.25, 0.3) is 0 Å². The van der Waals surface area contributed by atoms with Gasteiger partial charge in [-0.15, -0.1) is 0 Å². The molecule has 0 bridgehead atoms. The molecule has 3 nitrogen and oxygen atoms in total. The number of hydrogen-bond donors (Lipinski definition) is 0. The third-order valence-electron chi connectivity index (χ3n) is 9.40. The zero-order valence-corrected chi connectivity index (χ0v) is 16.3. The van der Waals surface area contributed by atoms with Crippen molar-refractivity contribution in [3.05, 3.63) is 11.6 Å². The zero-order valence-electron chi connectivity index (χ0n) is 16.3. The fourth-order valence-electron chi connectivity index (χ4n) is 8.07. The Bertz CT molecular complexity index is 720. The summed E-state index contributed by atoms with van der Waals surface area (Å²) in [6, 6.07) is 2.41. The lowest BCUT2D eigenvalue weighted by molar-refractivity contribution is -0.117. The number of ether oxygens (including phenoxy) is 1. The Morgan fingerprint density at radius 3 is 2.85 bits per heavy atom. The van der Waals surface area contributed by atoms with Gasteiger partial charge in [0.15, 0.2) is 5.78 Å². The second-order valence-electron chi connectivity index (χ2n) is 10.4. The predicted molar refractivity (Wildman–Crippen MR) is 99.0 cm³/mol. The summed E-state index contributed by atoms with van der Waals surface area (Å²) in [4.78, 5) is 12.0. The molecular weight excluding hydrogens is 322 g/mol. The Morgan fingerprint density at radius 2 is 2.08 bits per heavy atom. The van der Waals surface area contributed by atoms with Crippen LogP contribution in [0.3, 0.4) is 0 Å². The average molecular weight is 354 g/mol. The van der Waals surface area contributed by atoms with Crippen molar-refractivity contribution in [1.82, 2.24) is 0 Å². The van der Waals surface area contributed by atoms with Gasteiger partial charge in [-0.3, -0.25) is 4.79 Å². The second-order valence-corrected chi connectivity index (χ2v) is 10.4. The molecule has 1 saturated heterocycles. The molecule has 4 aliphatic carbocycles. The van der Waals surface area contributed by atoms with Crippen molar-refractivity contribution in [1.29, 1.82) is 5.26 Å². The van der Waals surface area contributed by atoms with Crippen LogP contribution in [0.4, 0.5) is 0 Å². The van der Waals surface area contributed by atoms with Gasteiger partial charge in [0, 0.05) is 12.8 Å². The molecule has 0 aromatic rings. The van der Waals surface area contributed by atoms with Gasteiger partial charge in [-0.1, -0.05) is 20.8 Å². The predicted octanol–water partition coefficient (Wildman–Crippen LogP) is 4.67. The number of epoxide rings is 1. The van der Waals surface area contributed by atoms with Gasteiger partial charge in [0.05, 0.1) is 12.2 Å². The van der Waals surface area contributed by atoms with E-state index in [9.17, 15) is 10.1 Å². The van der Waals surface area contributed by atoms with Crippen molar-refractivity contribution in [2.45, 2.75) is 77.9 Å². The number of nitrogens with zero attached hydrogens (tertiary/aromatic N) is 1. The van der Waals surface area contributed by atoms with E-state index in [2.05, 4.69) is 26.8 Å². The third kappa shape index (κ3) is 2.06. The van der Waals surface area contributed by atoms with E-state index in [1.54, 1.807) is 0 Å². The fraction of sp³-hybridized carbons (Fsp3) is 0.826. The number of carbonyl (C=O) groups excluding carboxylic acids is 1. The van der Waals surface area contributed by atoms with E-state index >= 15 is 0 Å². The monoisotopic (exact) mass is 353 g/mol.